The average molecular weight is 390 g/mol. The van der Waals surface area contributed by atoms with E-state index in [2.05, 4.69) is 9.46 Å². The fourth-order valence-electron chi connectivity index (χ4n) is 2.56. The number of sulfonamides is 1. The third kappa shape index (κ3) is 3.75. The van der Waals surface area contributed by atoms with Crippen molar-refractivity contribution in [3.63, 3.8) is 0 Å². The van der Waals surface area contributed by atoms with Gasteiger partial charge in [0.15, 0.2) is 4.90 Å². The number of nitrogens with zero attached hydrogens (tertiary/aromatic N) is 1. The Kier molecular flexibility index (Phi) is 4.82. The first kappa shape index (κ1) is 18.4. The topological polar surface area (TPSA) is 129 Å². The molecule has 0 radical (unpaired) electrons. The molecule has 3 aromatic rings. The van der Waals surface area contributed by atoms with Crippen LogP contribution < -0.4 is 4.72 Å². The monoisotopic (exact) mass is 390 g/mol. The van der Waals surface area contributed by atoms with Gasteiger partial charge in [-0.25, -0.2) is 8.42 Å². The summed E-state index contributed by atoms with van der Waals surface area (Å²) in [5.74, 6) is -0.432. The lowest BCUT2D eigenvalue weighted by Gasteiger charge is -2.08. The zero-order valence-corrected chi connectivity index (χ0v) is 14.9. The highest BCUT2D eigenvalue weighted by Gasteiger charge is 2.25. The molecule has 1 N–H and O–H groups in total. The van der Waals surface area contributed by atoms with Crippen LogP contribution in [-0.2, 0) is 26.0 Å². The second-order valence-electron chi connectivity index (χ2n) is 5.56. The average Bonchev–Trinajstić information content (AvgIpc) is 3.03. The quantitative estimate of drug-likeness (QED) is 0.389. The van der Waals surface area contributed by atoms with Gasteiger partial charge in [0.1, 0.15) is 5.58 Å². The molecule has 2 aromatic carbocycles. The summed E-state index contributed by atoms with van der Waals surface area (Å²) in [4.78, 5) is 21.3. The van der Waals surface area contributed by atoms with E-state index in [1.807, 2.05) is 0 Å². The highest BCUT2D eigenvalue weighted by atomic mass is 32.2. The van der Waals surface area contributed by atoms with Crippen LogP contribution in [0.15, 0.2) is 58.0 Å². The van der Waals surface area contributed by atoms with Crippen molar-refractivity contribution in [2.45, 2.75) is 11.3 Å². The number of ether oxygens (including phenoxy) is 1. The van der Waals surface area contributed by atoms with Crippen LogP contribution in [0.4, 0.5) is 11.4 Å². The normalized spacial score (nSPS) is 11.3. The molecule has 10 heteroatoms. The van der Waals surface area contributed by atoms with Crippen molar-refractivity contribution in [3.05, 3.63) is 64.4 Å². The van der Waals surface area contributed by atoms with Crippen LogP contribution in [0.2, 0.25) is 0 Å². The Balaban J connectivity index is 1.93. The summed E-state index contributed by atoms with van der Waals surface area (Å²) < 4.78 is 37.4. The molecule has 0 unspecified atom stereocenters. The minimum Gasteiger partial charge on any atom is -0.469 e. The maximum Gasteiger partial charge on any atom is 0.310 e. The number of fused-ring (bicyclic) bond motifs is 1. The Morgan fingerprint density at radius 1 is 1.26 bits per heavy atom. The number of carbonyl (C=O) groups is 1. The van der Waals surface area contributed by atoms with Crippen molar-refractivity contribution >= 4 is 38.3 Å². The van der Waals surface area contributed by atoms with E-state index < -0.39 is 31.5 Å². The lowest BCUT2D eigenvalue weighted by atomic mass is 10.1. The Morgan fingerprint density at radius 3 is 2.70 bits per heavy atom. The van der Waals surface area contributed by atoms with Crippen molar-refractivity contribution < 1.29 is 27.3 Å². The molecular formula is C17H14N2O7S. The first-order valence-electron chi connectivity index (χ1n) is 7.65. The number of nitro benzene ring substituents is 1. The summed E-state index contributed by atoms with van der Waals surface area (Å²) in [6.45, 7) is 0. The smallest absolute Gasteiger partial charge is 0.310 e. The van der Waals surface area contributed by atoms with Crippen LogP contribution in [0.5, 0.6) is 0 Å². The summed E-state index contributed by atoms with van der Waals surface area (Å²) in [5, 5.41) is 11.7. The molecule has 0 aliphatic rings. The van der Waals surface area contributed by atoms with Crippen molar-refractivity contribution in [1.29, 1.82) is 0 Å². The van der Waals surface area contributed by atoms with E-state index in [1.54, 1.807) is 6.07 Å². The molecule has 0 amide bonds. The Bertz CT molecular complexity index is 1140. The number of esters is 1. The lowest BCUT2D eigenvalue weighted by molar-refractivity contribution is -0.387. The molecule has 0 bridgehead atoms. The van der Waals surface area contributed by atoms with Gasteiger partial charge in [-0.3, -0.25) is 19.6 Å². The number of anilines is 1. The fraction of sp³-hybridized carbons (Fsp3) is 0.118. The highest BCUT2D eigenvalue weighted by molar-refractivity contribution is 7.92. The molecule has 0 saturated carbocycles. The van der Waals surface area contributed by atoms with Crippen LogP contribution in [0.3, 0.4) is 0 Å². The second-order valence-corrected chi connectivity index (χ2v) is 7.21. The SMILES string of the molecule is COC(=O)Cc1coc2cc(NS(=O)(=O)c3ccccc3[N+](=O)[O-])ccc12. The third-order valence-corrected chi connectivity index (χ3v) is 5.25. The number of nitro groups is 1. The predicted molar refractivity (Wildman–Crippen MR) is 95.8 cm³/mol. The molecule has 3 rings (SSSR count). The largest absolute Gasteiger partial charge is 0.469 e. The minimum absolute atomic E-state index is 0.0186. The second kappa shape index (κ2) is 7.08. The molecule has 0 aliphatic heterocycles. The van der Waals surface area contributed by atoms with Crippen molar-refractivity contribution in [2.24, 2.45) is 0 Å². The fourth-order valence-corrected chi connectivity index (χ4v) is 3.78. The van der Waals surface area contributed by atoms with Gasteiger partial charge in [0.2, 0.25) is 0 Å². The molecule has 27 heavy (non-hydrogen) atoms. The van der Waals surface area contributed by atoms with Crippen molar-refractivity contribution in [3.8, 4) is 0 Å². The van der Waals surface area contributed by atoms with Gasteiger partial charge in [0.05, 0.1) is 30.4 Å². The van der Waals surface area contributed by atoms with Crippen LogP contribution in [0.1, 0.15) is 5.56 Å². The molecule has 0 saturated heterocycles. The van der Waals surface area contributed by atoms with Crippen molar-refractivity contribution in [2.75, 3.05) is 11.8 Å². The maximum atomic E-state index is 12.5. The summed E-state index contributed by atoms with van der Waals surface area (Å²) in [6, 6.07) is 9.55. The summed E-state index contributed by atoms with van der Waals surface area (Å²) in [5.41, 5.74) is 0.602. The van der Waals surface area contributed by atoms with Gasteiger partial charge in [-0.1, -0.05) is 12.1 Å². The van der Waals surface area contributed by atoms with E-state index >= 15 is 0 Å². The standard InChI is InChI=1S/C17H14N2O7S/c1-25-17(20)8-11-10-26-15-9-12(6-7-13(11)15)18-27(23,24)16-5-3-2-4-14(16)19(21)22/h2-7,9-10,18H,8H2,1H3. The number of nitrogens with one attached hydrogen (secondary N) is 1. The third-order valence-electron chi connectivity index (χ3n) is 3.82. The first-order chi connectivity index (χ1) is 12.8. The Morgan fingerprint density at radius 2 is 2.00 bits per heavy atom. The first-order valence-corrected chi connectivity index (χ1v) is 9.13. The van der Waals surface area contributed by atoms with E-state index in [0.717, 1.165) is 12.1 Å². The van der Waals surface area contributed by atoms with Gasteiger partial charge in [-0.05, 0) is 18.2 Å². The molecule has 1 heterocycles. The number of methoxy groups -OCH3 is 1. The van der Waals surface area contributed by atoms with Gasteiger partial charge in [0.25, 0.3) is 15.7 Å². The predicted octanol–water partition coefficient (Wildman–Crippen LogP) is 2.86. The van der Waals surface area contributed by atoms with Crippen LogP contribution >= 0.6 is 0 Å². The number of hydrogen-bond donors (Lipinski definition) is 1. The van der Waals surface area contributed by atoms with Gasteiger partial charge in [-0.15, -0.1) is 0 Å². The van der Waals surface area contributed by atoms with E-state index in [-0.39, 0.29) is 12.1 Å². The molecule has 0 aliphatic carbocycles. The van der Waals surface area contributed by atoms with Crippen LogP contribution in [0.25, 0.3) is 11.0 Å². The number of rotatable bonds is 6. The van der Waals surface area contributed by atoms with E-state index in [0.29, 0.717) is 16.5 Å². The van der Waals surface area contributed by atoms with E-state index in [1.165, 1.54) is 37.6 Å². The number of para-hydroxylation sites is 1. The molecule has 0 atom stereocenters. The number of hydrogen-bond acceptors (Lipinski definition) is 7. The molecular weight excluding hydrogens is 376 g/mol. The maximum absolute atomic E-state index is 12.5. The van der Waals surface area contributed by atoms with Gasteiger partial charge in [-0.2, -0.15) is 0 Å². The number of carbonyl (C=O) groups excluding carboxylic acids is 1. The van der Waals surface area contributed by atoms with Crippen LogP contribution in [-0.4, -0.2) is 26.4 Å². The van der Waals surface area contributed by atoms with Gasteiger partial charge >= 0.3 is 5.97 Å². The zero-order valence-electron chi connectivity index (χ0n) is 14.0. The number of furan rings is 1. The van der Waals surface area contributed by atoms with Crippen LogP contribution in [0, 0.1) is 10.1 Å². The van der Waals surface area contributed by atoms with E-state index in [4.69, 9.17) is 4.42 Å². The summed E-state index contributed by atoms with van der Waals surface area (Å²) >= 11 is 0. The molecule has 140 valence electrons. The Hall–Kier alpha value is -3.40. The lowest BCUT2D eigenvalue weighted by Crippen LogP contribution is -2.14. The Labute approximate surface area is 153 Å². The molecule has 9 nitrogen and oxygen atoms in total. The minimum atomic E-state index is -4.18. The molecule has 1 aromatic heterocycles. The summed E-state index contributed by atoms with van der Waals surface area (Å²) in [7, 11) is -2.90. The van der Waals surface area contributed by atoms with Crippen molar-refractivity contribution in [1.82, 2.24) is 0 Å². The zero-order chi connectivity index (χ0) is 19.6. The molecule has 0 spiro atoms. The molecule has 0 fully saturated rings. The number of benzene rings is 2. The van der Waals surface area contributed by atoms with Gasteiger partial charge in [0, 0.05) is 23.1 Å². The van der Waals surface area contributed by atoms with E-state index in [9.17, 15) is 23.3 Å². The summed E-state index contributed by atoms with van der Waals surface area (Å²) in [6.07, 6.45) is 1.41. The van der Waals surface area contributed by atoms with Gasteiger partial charge < -0.3 is 9.15 Å². The highest BCUT2D eigenvalue weighted by Crippen LogP contribution is 2.28.